The Morgan fingerprint density at radius 3 is 2.54 bits per heavy atom. The molecule has 0 atom stereocenters. The molecule has 2 aromatic rings. The second kappa shape index (κ2) is 8.44. The van der Waals surface area contributed by atoms with E-state index in [4.69, 9.17) is 17.3 Å². The monoisotopic (exact) mass is 434 g/mol. The Balaban J connectivity index is 2.62. The number of alkyl halides is 3. The van der Waals surface area contributed by atoms with E-state index in [0.29, 0.717) is 21.3 Å². The van der Waals surface area contributed by atoms with Gasteiger partial charge in [0, 0.05) is 18.5 Å². The first-order valence-electron chi connectivity index (χ1n) is 8.20. The van der Waals surface area contributed by atoms with E-state index < -0.39 is 29.0 Å². The number of rotatable bonds is 5. The van der Waals surface area contributed by atoms with Gasteiger partial charge in [0.25, 0.3) is 11.5 Å². The smallest absolute Gasteiger partial charge is 0.397 e. The lowest BCUT2D eigenvalue weighted by Crippen LogP contribution is -2.37. The summed E-state index contributed by atoms with van der Waals surface area (Å²) in [6, 6.07) is 3.79. The first-order valence-corrected chi connectivity index (χ1v) is 9.57. The average Bonchev–Trinajstić information content (AvgIpc) is 2.61. The normalized spacial score (nSPS) is 11.5. The molecule has 0 unspecified atom stereocenters. The molecule has 0 aliphatic heterocycles. The maximum Gasteiger partial charge on any atom is 0.431 e. The van der Waals surface area contributed by atoms with E-state index in [9.17, 15) is 22.8 Å². The van der Waals surface area contributed by atoms with Gasteiger partial charge in [-0.25, -0.2) is 4.98 Å². The van der Waals surface area contributed by atoms with Gasteiger partial charge in [0.2, 0.25) is 0 Å². The fraction of sp³-hybridized carbons (Fsp3) is 0.353. The number of nitrogens with two attached hydrogens (primary N) is 1. The molecule has 0 aliphatic rings. The van der Waals surface area contributed by atoms with Crippen LogP contribution >= 0.6 is 23.4 Å². The number of thioether (sulfide) groups is 1. The lowest BCUT2D eigenvalue weighted by Gasteiger charge is -2.23. The molecule has 0 saturated carbocycles. The fourth-order valence-corrected chi connectivity index (χ4v) is 3.54. The summed E-state index contributed by atoms with van der Waals surface area (Å²) < 4.78 is 40.2. The van der Waals surface area contributed by atoms with E-state index in [1.54, 1.807) is 6.07 Å². The third-order valence-corrected chi connectivity index (χ3v) is 5.02. The maximum atomic E-state index is 13.2. The molecule has 0 fully saturated rings. The molecule has 2 aromatic heterocycles. The van der Waals surface area contributed by atoms with Gasteiger partial charge in [0.1, 0.15) is 22.2 Å². The highest BCUT2D eigenvalue weighted by Gasteiger charge is 2.36. The van der Waals surface area contributed by atoms with Gasteiger partial charge in [0.05, 0.1) is 5.69 Å². The van der Waals surface area contributed by atoms with Crippen LogP contribution in [-0.2, 0) is 12.7 Å². The summed E-state index contributed by atoms with van der Waals surface area (Å²) in [4.78, 5) is 31.1. The molecule has 1 amide bonds. The van der Waals surface area contributed by atoms with Crippen LogP contribution in [0.25, 0.3) is 0 Å². The van der Waals surface area contributed by atoms with E-state index in [1.807, 2.05) is 6.92 Å². The molecule has 28 heavy (non-hydrogen) atoms. The quantitative estimate of drug-likeness (QED) is 0.570. The molecule has 152 valence electrons. The van der Waals surface area contributed by atoms with Crippen LogP contribution in [0.15, 0.2) is 27.9 Å². The zero-order chi connectivity index (χ0) is 21.2. The van der Waals surface area contributed by atoms with E-state index in [0.717, 1.165) is 4.90 Å². The summed E-state index contributed by atoms with van der Waals surface area (Å²) in [7, 11) is 1.26. The third-order valence-electron chi connectivity index (χ3n) is 3.88. The van der Waals surface area contributed by atoms with Crippen molar-refractivity contribution in [2.75, 3.05) is 23.4 Å². The van der Waals surface area contributed by atoms with Gasteiger partial charge >= 0.3 is 6.18 Å². The van der Waals surface area contributed by atoms with Crippen molar-refractivity contribution >= 4 is 40.6 Å². The molecule has 0 aliphatic carbocycles. The lowest BCUT2D eigenvalue weighted by molar-refractivity contribution is -0.144. The molecular weight excluding hydrogens is 417 g/mol. The van der Waals surface area contributed by atoms with Crippen molar-refractivity contribution in [3.05, 3.63) is 45.1 Å². The summed E-state index contributed by atoms with van der Waals surface area (Å²) in [5.74, 6) is -0.0529. The SMILES string of the molecule is CCSc1ccc(Cl)nc1C(=O)N(C)c1c(N)cc(C(F)(F)F)n(CC)c1=O. The molecule has 0 aromatic carbocycles. The molecule has 2 N–H and O–H groups in total. The van der Waals surface area contributed by atoms with Crippen LogP contribution in [0.3, 0.4) is 0 Å². The first kappa shape index (κ1) is 22.1. The van der Waals surface area contributed by atoms with Crippen LogP contribution in [0.5, 0.6) is 0 Å². The molecule has 0 radical (unpaired) electrons. The van der Waals surface area contributed by atoms with Gasteiger partial charge in [-0.05, 0) is 30.9 Å². The van der Waals surface area contributed by atoms with Crippen molar-refractivity contribution < 1.29 is 18.0 Å². The van der Waals surface area contributed by atoms with E-state index >= 15 is 0 Å². The molecule has 2 heterocycles. The lowest BCUT2D eigenvalue weighted by atomic mass is 10.2. The summed E-state index contributed by atoms with van der Waals surface area (Å²) in [6.07, 6.45) is -4.76. The number of anilines is 2. The Bertz CT molecular complexity index is 963. The van der Waals surface area contributed by atoms with E-state index in [1.165, 1.54) is 31.8 Å². The number of pyridine rings is 2. The molecule has 0 saturated heterocycles. The van der Waals surface area contributed by atoms with Crippen LogP contribution in [0.2, 0.25) is 5.15 Å². The highest BCUT2D eigenvalue weighted by molar-refractivity contribution is 7.99. The Labute approximate surface area is 168 Å². The van der Waals surface area contributed by atoms with Crippen LogP contribution in [0.4, 0.5) is 24.5 Å². The summed E-state index contributed by atoms with van der Waals surface area (Å²) >= 11 is 7.23. The number of nitrogen functional groups attached to an aromatic ring is 1. The van der Waals surface area contributed by atoms with Crippen LogP contribution in [0, 0.1) is 0 Å². The van der Waals surface area contributed by atoms with Crippen molar-refractivity contribution in [3.63, 3.8) is 0 Å². The summed E-state index contributed by atoms with van der Waals surface area (Å²) in [5.41, 5.74) is 2.72. The van der Waals surface area contributed by atoms with Gasteiger partial charge in [-0.1, -0.05) is 18.5 Å². The van der Waals surface area contributed by atoms with Gasteiger partial charge in [-0.2, -0.15) is 13.2 Å². The second-order valence-electron chi connectivity index (χ2n) is 5.66. The van der Waals surface area contributed by atoms with Crippen molar-refractivity contribution in [2.45, 2.75) is 31.5 Å². The number of amides is 1. The van der Waals surface area contributed by atoms with Crippen LogP contribution in [-0.4, -0.2) is 28.3 Å². The standard InChI is InChI=1S/C17H18ClF3N4O2S/c1-4-25-11(17(19,20)21)8-9(22)14(16(25)27)24(3)15(26)13-10(28-5-2)6-7-12(18)23-13/h6-8H,4-5,22H2,1-3H3. The number of carbonyl (C=O) groups excluding carboxylic acids is 1. The largest absolute Gasteiger partial charge is 0.431 e. The van der Waals surface area contributed by atoms with Crippen molar-refractivity contribution in [2.24, 2.45) is 0 Å². The fourth-order valence-electron chi connectivity index (χ4n) is 2.65. The van der Waals surface area contributed by atoms with Crippen LogP contribution in [0.1, 0.15) is 30.0 Å². The highest BCUT2D eigenvalue weighted by atomic mass is 35.5. The first-order chi connectivity index (χ1) is 13.0. The molecule has 2 rings (SSSR count). The average molecular weight is 435 g/mol. The highest BCUT2D eigenvalue weighted by Crippen LogP contribution is 2.33. The minimum atomic E-state index is -4.76. The molecule has 11 heteroatoms. The second-order valence-corrected chi connectivity index (χ2v) is 7.35. The number of aromatic nitrogens is 2. The number of hydrogen-bond acceptors (Lipinski definition) is 5. The topological polar surface area (TPSA) is 81.2 Å². The number of nitrogens with zero attached hydrogens (tertiary/aromatic N) is 3. The predicted octanol–water partition coefficient (Wildman–Crippen LogP) is 3.91. The Hall–Kier alpha value is -2.20. The van der Waals surface area contributed by atoms with Crippen molar-refractivity contribution in [3.8, 4) is 0 Å². The van der Waals surface area contributed by atoms with Gasteiger partial charge < -0.3 is 15.2 Å². The Kier molecular flexibility index (Phi) is 6.66. The summed E-state index contributed by atoms with van der Waals surface area (Å²) in [6.45, 7) is 3.04. The minimum Gasteiger partial charge on any atom is -0.397 e. The molecule has 6 nitrogen and oxygen atoms in total. The van der Waals surface area contributed by atoms with Crippen LogP contribution < -0.4 is 16.2 Å². The minimum absolute atomic E-state index is 0.0106. The number of halogens is 4. The zero-order valence-electron chi connectivity index (χ0n) is 15.3. The van der Waals surface area contributed by atoms with E-state index in [-0.39, 0.29) is 23.1 Å². The maximum absolute atomic E-state index is 13.2. The molecular formula is C17H18ClF3N4O2S. The van der Waals surface area contributed by atoms with Crippen molar-refractivity contribution in [1.29, 1.82) is 0 Å². The number of hydrogen-bond donors (Lipinski definition) is 1. The zero-order valence-corrected chi connectivity index (χ0v) is 16.9. The third kappa shape index (κ3) is 4.27. The molecule has 0 spiro atoms. The number of carbonyl (C=O) groups is 1. The molecule has 0 bridgehead atoms. The Morgan fingerprint density at radius 1 is 1.36 bits per heavy atom. The van der Waals surface area contributed by atoms with Gasteiger partial charge in [0.15, 0.2) is 0 Å². The van der Waals surface area contributed by atoms with Gasteiger partial charge in [-0.15, -0.1) is 11.8 Å². The summed E-state index contributed by atoms with van der Waals surface area (Å²) in [5, 5.41) is 0.0727. The van der Waals surface area contributed by atoms with Gasteiger partial charge in [-0.3, -0.25) is 9.59 Å². The van der Waals surface area contributed by atoms with Crippen molar-refractivity contribution in [1.82, 2.24) is 9.55 Å². The van der Waals surface area contributed by atoms with E-state index in [2.05, 4.69) is 4.98 Å². The predicted molar refractivity (Wildman–Crippen MR) is 104 cm³/mol. The Morgan fingerprint density at radius 2 is 2.00 bits per heavy atom.